The van der Waals surface area contributed by atoms with Gasteiger partial charge in [0.05, 0.1) is 12.0 Å². The third-order valence-electron chi connectivity index (χ3n) is 5.24. The molecule has 1 atom stereocenters. The molecule has 166 valence electrons. The van der Waals surface area contributed by atoms with Gasteiger partial charge in [-0.1, -0.05) is 96.8 Å². The standard InChI is InChI=1S/C23H45NO3S.Na/c1-3-4-5-6-7-8-9-10-11-12-13-14-15-16-17-18-22(25)24-21(23(26)27)19-20-28-2;/h21H,3-20H2,1-2H3,(H,24,25)(H,26,27);/q;+1/p-1/t21-;/m0./s1. The number of hydrogen-bond acceptors (Lipinski definition) is 4. The number of carboxylic acids is 1. The fraction of sp³-hybridized carbons (Fsp3) is 0.913. The quantitative estimate of drug-likeness (QED) is 0.221. The second-order valence-corrected chi connectivity index (χ2v) is 8.91. The van der Waals surface area contributed by atoms with Crippen molar-refractivity contribution in [2.24, 2.45) is 0 Å². The minimum absolute atomic E-state index is 0. The molecule has 0 aliphatic carbocycles. The van der Waals surface area contributed by atoms with Crippen LogP contribution in [0.15, 0.2) is 0 Å². The summed E-state index contributed by atoms with van der Waals surface area (Å²) in [6.07, 6.45) is 22.2. The van der Waals surface area contributed by atoms with E-state index in [9.17, 15) is 14.7 Å². The van der Waals surface area contributed by atoms with E-state index in [0.717, 1.165) is 12.8 Å². The van der Waals surface area contributed by atoms with Gasteiger partial charge < -0.3 is 15.2 Å². The Morgan fingerprint density at radius 2 is 1.21 bits per heavy atom. The number of thioether (sulfide) groups is 1. The summed E-state index contributed by atoms with van der Waals surface area (Å²) < 4.78 is 0. The maximum absolute atomic E-state index is 11.8. The molecule has 0 spiro atoms. The Balaban J connectivity index is 0. The molecule has 0 aliphatic heterocycles. The van der Waals surface area contributed by atoms with Crippen molar-refractivity contribution in [3.8, 4) is 0 Å². The second kappa shape index (κ2) is 24.6. The van der Waals surface area contributed by atoms with Crippen molar-refractivity contribution >= 4 is 23.6 Å². The number of aliphatic carboxylic acids is 1. The zero-order chi connectivity index (χ0) is 20.9. The van der Waals surface area contributed by atoms with Gasteiger partial charge in [0.1, 0.15) is 0 Å². The van der Waals surface area contributed by atoms with Crippen LogP contribution in [0, 0.1) is 0 Å². The first-order valence-corrected chi connectivity index (χ1v) is 13.0. The van der Waals surface area contributed by atoms with Crippen LogP contribution in [0.4, 0.5) is 0 Å². The SMILES string of the molecule is CCCCCCCCCCCCCCCCCC(=O)N[C@@H](CCSC)C(=O)[O-].[Na+]. The average Bonchev–Trinajstić information content (AvgIpc) is 2.67. The van der Waals surface area contributed by atoms with E-state index in [-0.39, 0.29) is 35.5 Å². The Kier molecular flexibility index (Phi) is 26.7. The number of carbonyl (C=O) groups is 2. The summed E-state index contributed by atoms with van der Waals surface area (Å²) in [5, 5.41) is 13.6. The van der Waals surface area contributed by atoms with Crippen LogP contribution in [0.1, 0.15) is 116 Å². The number of hydrogen-bond donors (Lipinski definition) is 1. The number of carboxylic acid groups (broad SMARTS) is 1. The van der Waals surface area contributed by atoms with E-state index < -0.39 is 12.0 Å². The molecule has 0 saturated heterocycles. The monoisotopic (exact) mass is 437 g/mol. The molecule has 0 aromatic carbocycles. The summed E-state index contributed by atoms with van der Waals surface area (Å²) in [4.78, 5) is 22.9. The van der Waals surface area contributed by atoms with Crippen molar-refractivity contribution in [1.82, 2.24) is 5.32 Å². The molecule has 0 fully saturated rings. The van der Waals surface area contributed by atoms with Gasteiger partial charge in [-0.05, 0) is 24.9 Å². The van der Waals surface area contributed by atoms with Crippen molar-refractivity contribution in [3.05, 3.63) is 0 Å². The van der Waals surface area contributed by atoms with E-state index in [0.29, 0.717) is 18.6 Å². The van der Waals surface area contributed by atoms with Crippen molar-refractivity contribution in [1.29, 1.82) is 0 Å². The van der Waals surface area contributed by atoms with Crippen LogP contribution in [0.2, 0.25) is 0 Å². The average molecular weight is 438 g/mol. The Labute approximate surface area is 206 Å². The van der Waals surface area contributed by atoms with Gasteiger partial charge in [0.2, 0.25) is 5.91 Å². The summed E-state index contributed by atoms with van der Waals surface area (Å²) in [5.74, 6) is -0.637. The summed E-state index contributed by atoms with van der Waals surface area (Å²) in [5.41, 5.74) is 0. The van der Waals surface area contributed by atoms with Crippen LogP contribution in [0.5, 0.6) is 0 Å². The molecule has 0 rings (SSSR count). The molecule has 6 heteroatoms. The van der Waals surface area contributed by atoms with Crippen molar-refractivity contribution in [2.75, 3.05) is 12.0 Å². The molecule has 0 saturated carbocycles. The molecular formula is C23H44NNaO3S. The number of nitrogens with one attached hydrogen (secondary N) is 1. The Bertz CT molecular complexity index is 383. The first-order valence-electron chi connectivity index (χ1n) is 11.6. The fourth-order valence-corrected chi connectivity index (χ4v) is 3.88. The molecule has 29 heavy (non-hydrogen) atoms. The van der Waals surface area contributed by atoms with E-state index in [1.54, 1.807) is 11.8 Å². The zero-order valence-electron chi connectivity index (χ0n) is 19.4. The van der Waals surface area contributed by atoms with Gasteiger partial charge in [-0.3, -0.25) is 4.79 Å². The summed E-state index contributed by atoms with van der Waals surface area (Å²) in [7, 11) is 0. The smallest absolute Gasteiger partial charge is 0.548 e. The van der Waals surface area contributed by atoms with Gasteiger partial charge >= 0.3 is 29.6 Å². The number of amides is 1. The molecule has 0 aromatic rings. The van der Waals surface area contributed by atoms with Crippen LogP contribution in [-0.2, 0) is 9.59 Å². The molecule has 0 aromatic heterocycles. The van der Waals surface area contributed by atoms with E-state index in [2.05, 4.69) is 12.2 Å². The van der Waals surface area contributed by atoms with Crippen molar-refractivity contribution in [2.45, 2.75) is 122 Å². The molecule has 1 amide bonds. The van der Waals surface area contributed by atoms with Gasteiger partial charge in [0.25, 0.3) is 0 Å². The van der Waals surface area contributed by atoms with Crippen LogP contribution in [0.25, 0.3) is 0 Å². The third kappa shape index (κ3) is 22.8. The molecular weight excluding hydrogens is 393 g/mol. The predicted octanol–water partition coefficient (Wildman–Crippen LogP) is 2.24. The van der Waals surface area contributed by atoms with Gasteiger partial charge in [0, 0.05) is 6.42 Å². The fourth-order valence-electron chi connectivity index (χ4n) is 3.41. The maximum Gasteiger partial charge on any atom is 1.00 e. The third-order valence-corrected chi connectivity index (χ3v) is 5.88. The Hall–Kier alpha value is 0.290. The molecule has 0 aliphatic rings. The predicted molar refractivity (Wildman–Crippen MR) is 119 cm³/mol. The van der Waals surface area contributed by atoms with E-state index in [4.69, 9.17) is 0 Å². The molecule has 0 bridgehead atoms. The normalized spacial score (nSPS) is 11.7. The van der Waals surface area contributed by atoms with Crippen molar-refractivity contribution in [3.63, 3.8) is 0 Å². The minimum atomic E-state index is -1.18. The van der Waals surface area contributed by atoms with E-state index >= 15 is 0 Å². The topological polar surface area (TPSA) is 69.2 Å². The first kappa shape index (κ1) is 31.5. The van der Waals surface area contributed by atoms with Crippen LogP contribution in [0.3, 0.4) is 0 Å². The summed E-state index contributed by atoms with van der Waals surface area (Å²) in [6.45, 7) is 2.26. The minimum Gasteiger partial charge on any atom is -0.548 e. The molecule has 0 unspecified atom stereocenters. The van der Waals surface area contributed by atoms with Gasteiger partial charge in [-0.25, -0.2) is 0 Å². The van der Waals surface area contributed by atoms with Gasteiger partial charge in [-0.2, -0.15) is 11.8 Å². The summed E-state index contributed by atoms with van der Waals surface area (Å²) in [6, 6.07) is -0.851. The Morgan fingerprint density at radius 1 is 0.793 bits per heavy atom. The van der Waals surface area contributed by atoms with Crippen LogP contribution >= 0.6 is 11.8 Å². The Morgan fingerprint density at radius 3 is 1.59 bits per heavy atom. The number of carbonyl (C=O) groups excluding carboxylic acids is 2. The maximum atomic E-state index is 11.8. The molecule has 4 nitrogen and oxygen atoms in total. The molecule has 0 radical (unpaired) electrons. The van der Waals surface area contributed by atoms with E-state index in [1.165, 1.54) is 83.5 Å². The van der Waals surface area contributed by atoms with Gasteiger partial charge in [0.15, 0.2) is 0 Å². The molecule has 1 N–H and O–H groups in total. The number of rotatable bonds is 21. The van der Waals surface area contributed by atoms with Crippen molar-refractivity contribution < 1.29 is 44.3 Å². The van der Waals surface area contributed by atoms with Crippen LogP contribution in [-0.4, -0.2) is 29.9 Å². The zero-order valence-corrected chi connectivity index (χ0v) is 22.3. The molecule has 0 heterocycles. The number of unbranched alkanes of at least 4 members (excludes halogenated alkanes) is 14. The van der Waals surface area contributed by atoms with E-state index in [1.807, 2.05) is 6.26 Å². The second-order valence-electron chi connectivity index (χ2n) is 7.92. The first-order chi connectivity index (χ1) is 13.6. The summed E-state index contributed by atoms with van der Waals surface area (Å²) >= 11 is 1.57. The largest absolute Gasteiger partial charge is 1.00 e. The van der Waals surface area contributed by atoms with Crippen LogP contribution < -0.4 is 40.0 Å². The van der Waals surface area contributed by atoms with Gasteiger partial charge in [-0.15, -0.1) is 0 Å².